The first kappa shape index (κ1) is 14.3. The molecule has 0 aliphatic carbocycles. The fraction of sp³-hybridized carbons (Fsp3) is 0.533. The van der Waals surface area contributed by atoms with Crippen LogP contribution >= 0.6 is 0 Å². The third-order valence-electron chi connectivity index (χ3n) is 3.79. The number of hydrogen-bond acceptors (Lipinski definition) is 4. The number of aromatic nitrogens is 1. The smallest absolute Gasteiger partial charge is 0.255 e. The van der Waals surface area contributed by atoms with Crippen LogP contribution in [-0.2, 0) is 0 Å². The van der Waals surface area contributed by atoms with Gasteiger partial charge in [0.05, 0.1) is 18.1 Å². The van der Waals surface area contributed by atoms with Crippen molar-refractivity contribution in [2.24, 2.45) is 0 Å². The quantitative estimate of drug-likeness (QED) is 0.841. The van der Waals surface area contributed by atoms with Crippen LogP contribution in [-0.4, -0.2) is 42.0 Å². The Morgan fingerprint density at radius 2 is 2.20 bits per heavy atom. The molecule has 0 bridgehead atoms. The van der Waals surface area contributed by atoms with Crippen molar-refractivity contribution in [1.29, 1.82) is 5.26 Å². The lowest BCUT2D eigenvalue weighted by atomic mass is 10.2. The number of anilines is 1. The van der Waals surface area contributed by atoms with Gasteiger partial charge in [0, 0.05) is 32.4 Å². The van der Waals surface area contributed by atoms with Gasteiger partial charge in [0.15, 0.2) is 0 Å². The summed E-state index contributed by atoms with van der Waals surface area (Å²) < 4.78 is 0. The normalized spacial score (nSPS) is 15.8. The number of pyridine rings is 1. The summed E-state index contributed by atoms with van der Waals surface area (Å²) in [6.07, 6.45) is 4.38. The Balaban J connectivity index is 2.05. The summed E-state index contributed by atoms with van der Waals surface area (Å²) in [4.78, 5) is 20.5. The largest absolute Gasteiger partial charge is 0.357 e. The summed E-state index contributed by atoms with van der Waals surface area (Å²) in [5.74, 6) is 0.847. The van der Waals surface area contributed by atoms with Crippen LogP contribution < -0.4 is 4.90 Å². The van der Waals surface area contributed by atoms with Crippen LogP contribution in [0.2, 0.25) is 0 Å². The number of nitriles is 1. The summed E-state index contributed by atoms with van der Waals surface area (Å²) in [6, 6.07) is 5.71. The van der Waals surface area contributed by atoms with Crippen molar-refractivity contribution < 1.29 is 4.79 Å². The lowest BCUT2D eigenvalue weighted by Crippen LogP contribution is -2.34. The molecular weight excluding hydrogens is 252 g/mol. The summed E-state index contributed by atoms with van der Waals surface area (Å²) in [7, 11) is 1.72. The van der Waals surface area contributed by atoms with Gasteiger partial charge in [0.1, 0.15) is 5.82 Å². The molecule has 106 valence electrons. The van der Waals surface area contributed by atoms with Gasteiger partial charge in [-0.3, -0.25) is 4.79 Å². The summed E-state index contributed by atoms with van der Waals surface area (Å²) in [5.41, 5.74) is 0.570. The first-order chi connectivity index (χ1) is 9.63. The van der Waals surface area contributed by atoms with E-state index in [1.54, 1.807) is 18.1 Å². The molecule has 1 aromatic heterocycles. The Morgan fingerprint density at radius 1 is 1.50 bits per heavy atom. The van der Waals surface area contributed by atoms with Crippen LogP contribution in [0.25, 0.3) is 0 Å². The number of nitrogens with zero attached hydrogens (tertiary/aromatic N) is 4. The zero-order valence-corrected chi connectivity index (χ0v) is 12.0. The molecule has 5 nitrogen and oxygen atoms in total. The number of rotatable bonds is 4. The molecule has 0 aromatic carbocycles. The van der Waals surface area contributed by atoms with Crippen molar-refractivity contribution in [2.75, 3.05) is 25.0 Å². The van der Waals surface area contributed by atoms with Crippen molar-refractivity contribution in [3.8, 4) is 6.07 Å². The number of carbonyl (C=O) groups is 1. The van der Waals surface area contributed by atoms with Crippen LogP contribution in [0.4, 0.5) is 5.82 Å². The van der Waals surface area contributed by atoms with E-state index >= 15 is 0 Å². The van der Waals surface area contributed by atoms with Crippen LogP contribution in [0.15, 0.2) is 18.3 Å². The highest BCUT2D eigenvalue weighted by Gasteiger charge is 2.19. The van der Waals surface area contributed by atoms with E-state index in [0.29, 0.717) is 12.0 Å². The van der Waals surface area contributed by atoms with Gasteiger partial charge in [-0.05, 0) is 31.9 Å². The number of hydrogen-bond donors (Lipinski definition) is 0. The van der Waals surface area contributed by atoms with E-state index in [1.165, 1.54) is 12.8 Å². The molecule has 1 aliphatic heterocycles. The second-order valence-electron chi connectivity index (χ2n) is 5.23. The van der Waals surface area contributed by atoms with E-state index in [1.807, 2.05) is 19.1 Å². The summed E-state index contributed by atoms with van der Waals surface area (Å²) in [5, 5.41) is 8.69. The van der Waals surface area contributed by atoms with E-state index < -0.39 is 0 Å². The van der Waals surface area contributed by atoms with Crippen molar-refractivity contribution in [1.82, 2.24) is 9.88 Å². The standard InChI is InChI=1S/C15H20N4O/c1-12(7-8-16)18(2)15(20)13-5-6-14(17-11-13)19-9-3-4-10-19/h5-6,11-12H,3-4,7,9-10H2,1-2H3/t12-/m1/s1. The van der Waals surface area contributed by atoms with Gasteiger partial charge in [-0.25, -0.2) is 4.98 Å². The van der Waals surface area contributed by atoms with E-state index in [4.69, 9.17) is 5.26 Å². The van der Waals surface area contributed by atoms with E-state index in [9.17, 15) is 4.79 Å². The minimum atomic E-state index is -0.0919. The molecular formula is C15H20N4O. The molecule has 5 heteroatoms. The minimum Gasteiger partial charge on any atom is -0.357 e. The molecule has 0 unspecified atom stereocenters. The predicted octanol–water partition coefficient (Wildman–Crippen LogP) is 2.06. The monoisotopic (exact) mass is 272 g/mol. The molecule has 0 spiro atoms. The molecule has 0 radical (unpaired) electrons. The maximum absolute atomic E-state index is 12.3. The van der Waals surface area contributed by atoms with E-state index in [-0.39, 0.29) is 11.9 Å². The molecule has 1 saturated heterocycles. The number of carbonyl (C=O) groups excluding carboxylic acids is 1. The minimum absolute atomic E-state index is 0.0896. The molecule has 0 saturated carbocycles. The summed E-state index contributed by atoms with van der Waals surface area (Å²) in [6.45, 7) is 3.95. The highest BCUT2D eigenvalue weighted by molar-refractivity contribution is 5.94. The van der Waals surface area contributed by atoms with Gasteiger partial charge >= 0.3 is 0 Å². The van der Waals surface area contributed by atoms with Crippen molar-refractivity contribution >= 4 is 11.7 Å². The SMILES string of the molecule is C[C@H](CC#N)N(C)C(=O)c1ccc(N2CCCC2)nc1. The van der Waals surface area contributed by atoms with Crippen LogP contribution in [0.5, 0.6) is 0 Å². The van der Waals surface area contributed by atoms with Gasteiger partial charge in [-0.1, -0.05) is 0 Å². The Morgan fingerprint density at radius 3 is 2.75 bits per heavy atom. The first-order valence-corrected chi connectivity index (χ1v) is 6.98. The lowest BCUT2D eigenvalue weighted by Gasteiger charge is -2.23. The molecule has 2 heterocycles. The van der Waals surface area contributed by atoms with E-state index in [2.05, 4.69) is 16.0 Å². The Labute approximate surface area is 119 Å². The van der Waals surface area contributed by atoms with Crippen LogP contribution in [0.3, 0.4) is 0 Å². The van der Waals surface area contributed by atoms with Gasteiger partial charge in [-0.2, -0.15) is 5.26 Å². The Bertz CT molecular complexity index is 500. The Hall–Kier alpha value is -2.09. The Kier molecular flexibility index (Phi) is 4.57. The molecule has 2 rings (SSSR count). The summed E-state index contributed by atoms with van der Waals surface area (Å²) >= 11 is 0. The van der Waals surface area contributed by atoms with Gasteiger partial charge in [-0.15, -0.1) is 0 Å². The second-order valence-corrected chi connectivity index (χ2v) is 5.23. The highest BCUT2D eigenvalue weighted by atomic mass is 16.2. The van der Waals surface area contributed by atoms with Crippen molar-refractivity contribution in [3.05, 3.63) is 23.9 Å². The molecule has 1 aromatic rings. The number of amides is 1. The lowest BCUT2D eigenvalue weighted by molar-refractivity contribution is 0.0746. The van der Waals surface area contributed by atoms with E-state index in [0.717, 1.165) is 18.9 Å². The van der Waals surface area contributed by atoms with Gasteiger partial charge in [0.25, 0.3) is 5.91 Å². The maximum atomic E-state index is 12.3. The average molecular weight is 272 g/mol. The molecule has 1 atom stereocenters. The van der Waals surface area contributed by atoms with Gasteiger partial charge < -0.3 is 9.80 Å². The molecule has 0 N–H and O–H groups in total. The fourth-order valence-corrected chi connectivity index (χ4v) is 2.32. The average Bonchev–Trinajstić information content (AvgIpc) is 3.00. The van der Waals surface area contributed by atoms with Crippen LogP contribution in [0, 0.1) is 11.3 Å². The van der Waals surface area contributed by atoms with Crippen LogP contribution in [0.1, 0.15) is 36.5 Å². The maximum Gasteiger partial charge on any atom is 0.255 e. The first-order valence-electron chi connectivity index (χ1n) is 6.98. The van der Waals surface area contributed by atoms with Crippen molar-refractivity contribution in [3.63, 3.8) is 0 Å². The van der Waals surface area contributed by atoms with Gasteiger partial charge in [0.2, 0.25) is 0 Å². The topological polar surface area (TPSA) is 60.2 Å². The molecule has 1 fully saturated rings. The molecule has 20 heavy (non-hydrogen) atoms. The fourth-order valence-electron chi connectivity index (χ4n) is 2.32. The second kappa shape index (κ2) is 6.38. The third-order valence-corrected chi connectivity index (χ3v) is 3.79. The zero-order chi connectivity index (χ0) is 14.5. The highest BCUT2D eigenvalue weighted by Crippen LogP contribution is 2.18. The molecule has 1 amide bonds. The molecule has 1 aliphatic rings. The zero-order valence-electron chi connectivity index (χ0n) is 12.0. The third kappa shape index (κ3) is 3.08. The predicted molar refractivity (Wildman–Crippen MR) is 77.5 cm³/mol. The van der Waals surface area contributed by atoms with Crippen molar-refractivity contribution in [2.45, 2.75) is 32.2 Å².